The first-order valence-electron chi connectivity index (χ1n) is 7.42. The van der Waals surface area contributed by atoms with Crippen molar-refractivity contribution in [2.45, 2.75) is 45.2 Å². The molecule has 1 atom stereocenters. The normalized spacial score (nSPS) is 19.6. The molecule has 0 aromatic carbocycles. The number of nitrogens with zero attached hydrogens (tertiary/aromatic N) is 1. The molecule has 0 saturated carbocycles. The molecule has 1 aliphatic heterocycles. The van der Waals surface area contributed by atoms with Gasteiger partial charge in [0.15, 0.2) is 0 Å². The second-order valence-corrected chi connectivity index (χ2v) is 6.56. The van der Waals surface area contributed by atoms with Gasteiger partial charge in [-0.3, -0.25) is 4.79 Å². The van der Waals surface area contributed by atoms with Crippen molar-refractivity contribution in [1.29, 1.82) is 0 Å². The van der Waals surface area contributed by atoms with Crippen molar-refractivity contribution in [3.8, 4) is 0 Å². The molecule has 1 fully saturated rings. The highest BCUT2D eigenvalue weighted by Gasteiger charge is 2.21. The maximum absolute atomic E-state index is 12.4. The lowest BCUT2D eigenvalue weighted by Crippen LogP contribution is -2.47. The number of carbonyl (C=O) groups excluding carboxylic acids is 1. The minimum absolute atomic E-state index is 0.112. The lowest BCUT2D eigenvalue weighted by atomic mass is 10.0. The van der Waals surface area contributed by atoms with E-state index in [1.807, 2.05) is 28.5 Å². The average Bonchev–Trinajstić information content (AvgIpc) is 2.96. The van der Waals surface area contributed by atoms with Gasteiger partial charge < -0.3 is 10.2 Å². The number of thiophene rings is 1. The molecule has 0 radical (unpaired) electrons. The van der Waals surface area contributed by atoms with Crippen molar-refractivity contribution in [3.63, 3.8) is 0 Å². The van der Waals surface area contributed by atoms with Gasteiger partial charge in [-0.15, -0.1) is 11.3 Å². The van der Waals surface area contributed by atoms with E-state index in [0.29, 0.717) is 6.04 Å². The van der Waals surface area contributed by atoms with Crippen molar-refractivity contribution < 1.29 is 4.79 Å². The lowest BCUT2D eigenvalue weighted by molar-refractivity contribution is -0.128. The fourth-order valence-corrected chi connectivity index (χ4v) is 3.13. The van der Waals surface area contributed by atoms with E-state index in [9.17, 15) is 4.79 Å². The standard InChI is InChI=1S/C16H24N2OS/c1-13(2)18(12-14-6-3-4-10-17-14)16(19)9-8-15-7-5-11-20-15/h5,7-9,11,13-14,17H,3-4,6,10,12H2,1-2H3/b9-8+. The predicted octanol–water partition coefficient (Wildman–Crippen LogP) is 3.14. The number of carbonyl (C=O) groups is 1. The topological polar surface area (TPSA) is 32.3 Å². The van der Waals surface area contributed by atoms with Crippen molar-refractivity contribution in [1.82, 2.24) is 10.2 Å². The molecule has 0 aliphatic carbocycles. The summed E-state index contributed by atoms with van der Waals surface area (Å²) in [7, 11) is 0. The third kappa shape index (κ3) is 4.46. The number of rotatable bonds is 5. The van der Waals surface area contributed by atoms with Crippen LogP contribution < -0.4 is 5.32 Å². The highest BCUT2D eigenvalue weighted by molar-refractivity contribution is 7.10. The summed E-state index contributed by atoms with van der Waals surface area (Å²) in [6.07, 6.45) is 7.31. The molecule has 0 spiro atoms. The minimum Gasteiger partial charge on any atom is -0.335 e. The lowest BCUT2D eigenvalue weighted by Gasteiger charge is -2.32. The minimum atomic E-state index is 0.112. The average molecular weight is 292 g/mol. The van der Waals surface area contributed by atoms with E-state index in [-0.39, 0.29) is 11.9 Å². The quantitative estimate of drug-likeness (QED) is 0.846. The Labute approximate surface area is 125 Å². The van der Waals surface area contributed by atoms with Crippen LogP contribution in [0.2, 0.25) is 0 Å². The van der Waals surface area contributed by atoms with Crippen molar-refractivity contribution in [2.24, 2.45) is 0 Å². The highest BCUT2D eigenvalue weighted by atomic mass is 32.1. The number of nitrogens with one attached hydrogen (secondary N) is 1. The maximum atomic E-state index is 12.4. The molecule has 1 aliphatic rings. The van der Waals surface area contributed by atoms with E-state index in [1.54, 1.807) is 17.4 Å². The van der Waals surface area contributed by atoms with Crippen LogP contribution >= 0.6 is 11.3 Å². The Balaban J connectivity index is 1.94. The van der Waals surface area contributed by atoms with Gasteiger partial charge in [-0.1, -0.05) is 12.5 Å². The summed E-state index contributed by atoms with van der Waals surface area (Å²) in [5, 5.41) is 5.54. The summed E-state index contributed by atoms with van der Waals surface area (Å²) in [5.74, 6) is 0.112. The van der Waals surface area contributed by atoms with Crippen LogP contribution in [0, 0.1) is 0 Å². The Bertz CT molecular complexity index is 433. The third-order valence-electron chi connectivity index (χ3n) is 3.67. The zero-order valence-electron chi connectivity index (χ0n) is 12.3. The monoisotopic (exact) mass is 292 g/mol. The molecule has 1 saturated heterocycles. The number of hydrogen-bond donors (Lipinski definition) is 1. The Morgan fingerprint density at radius 3 is 3.00 bits per heavy atom. The molecule has 4 heteroatoms. The van der Waals surface area contributed by atoms with Crippen LogP contribution in [-0.4, -0.2) is 36.0 Å². The van der Waals surface area contributed by atoms with E-state index < -0.39 is 0 Å². The van der Waals surface area contributed by atoms with E-state index in [1.165, 1.54) is 19.3 Å². The Hall–Kier alpha value is -1.13. The van der Waals surface area contributed by atoms with Gasteiger partial charge in [0.2, 0.25) is 5.91 Å². The first-order chi connectivity index (χ1) is 9.66. The summed E-state index contributed by atoms with van der Waals surface area (Å²) in [6.45, 7) is 6.06. The van der Waals surface area contributed by atoms with Crippen molar-refractivity contribution in [2.75, 3.05) is 13.1 Å². The predicted molar refractivity (Wildman–Crippen MR) is 85.8 cm³/mol. The fraction of sp³-hybridized carbons (Fsp3) is 0.562. The maximum Gasteiger partial charge on any atom is 0.246 e. The largest absolute Gasteiger partial charge is 0.335 e. The van der Waals surface area contributed by atoms with Crippen LogP contribution in [-0.2, 0) is 4.79 Å². The van der Waals surface area contributed by atoms with Gasteiger partial charge in [-0.2, -0.15) is 0 Å². The Morgan fingerprint density at radius 2 is 2.40 bits per heavy atom. The van der Waals surface area contributed by atoms with E-state index >= 15 is 0 Å². The fourth-order valence-electron chi connectivity index (χ4n) is 2.51. The second-order valence-electron chi connectivity index (χ2n) is 5.58. The van der Waals surface area contributed by atoms with Crippen LogP contribution in [0.5, 0.6) is 0 Å². The summed E-state index contributed by atoms with van der Waals surface area (Å²) in [4.78, 5) is 15.5. The van der Waals surface area contributed by atoms with Gasteiger partial charge in [0.05, 0.1) is 0 Å². The molecule has 20 heavy (non-hydrogen) atoms. The van der Waals surface area contributed by atoms with Crippen LogP contribution in [0.1, 0.15) is 38.0 Å². The molecule has 2 heterocycles. The summed E-state index contributed by atoms with van der Waals surface area (Å²) < 4.78 is 0. The van der Waals surface area contributed by atoms with E-state index in [0.717, 1.165) is 18.0 Å². The van der Waals surface area contributed by atoms with Crippen LogP contribution in [0.15, 0.2) is 23.6 Å². The molecule has 1 amide bonds. The van der Waals surface area contributed by atoms with Crippen LogP contribution in [0.25, 0.3) is 6.08 Å². The molecule has 3 nitrogen and oxygen atoms in total. The van der Waals surface area contributed by atoms with E-state index in [4.69, 9.17) is 0 Å². The van der Waals surface area contributed by atoms with Gasteiger partial charge >= 0.3 is 0 Å². The zero-order valence-corrected chi connectivity index (χ0v) is 13.2. The summed E-state index contributed by atoms with van der Waals surface area (Å²) in [5.41, 5.74) is 0. The molecular weight excluding hydrogens is 268 g/mol. The first-order valence-corrected chi connectivity index (χ1v) is 8.30. The highest BCUT2D eigenvalue weighted by Crippen LogP contribution is 2.13. The molecule has 0 bridgehead atoms. The number of hydrogen-bond acceptors (Lipinski definition) is 3. The SMILES string of the molecule is CC(C)N(CC1CCCCN1)C(=O)/C=C/c1cccs1. The van der Waals surface area contributed by atoms with Gasteiger partial charge in [-0.25, -0.2) is 0 Å². The summed E-state index contributed by atoms with van der Waals surface area (Å²) in [6, 6.07) is 4.71. The molecule has 1 aromatic rings. The van der Waals surface area contributed by atoms with Gasteiger partial charge in [0.25, 0.3) is 0 Å². The molecular formula is C16H24N2OS. The molecule has 2 rings (SSSR count). The molecule has 1 unspecified atom stereocenters. The molecule has 1 aromatic heterocycles. The Kier molecular flexibility index (Phi) is 5.80. The van der Waals surface area contributed by atoms with Crippen LogP contribution in [0.3, 0.4) is 0 Å². The Morgan fingerprint density at radius 1 is 1.55 bits per heavy atom. The molecule has 110 valence electrons. The smallest absolute Gasteiger partial charge is 0.246 e. The van der Waals surface area contributed by atoms with Gasteiger partial charge in [0.1, 0.15) is 0 Å². The number of piperidine rings is 1. The summed E-state index contributed by atoms with van der Waals surface area (Å²) >= 11 is 1.65. The third-order valence-corrected chi connectivity index (χ3v) is 4.51. The second kappa shape index (κ2) is 7.60. The first kappa shape index (κ1) is 15.3. The van der Waals surface area contributed by atoms with E-state index in [2.05, 4.69) is 19.2 Å². The van der Waals surface area contributed by atoms with Crippen molar-refractivity contribution >= 4 is 23.3 Å². The van der Waals surface area contributed by atoms with Crippen LogP contribution in [0.4, 0.5) is 0 Å². The van der Waals surface area contributed by atoms with Gasteiger partial charge in [-0.05, 0) is 50.8 Å². The molecule has 1 N–H and O–H groups in total. The van der Waals surface area contributed by atoms with Crippen molar-refractivity contribution in [3.05, 3.63) is 28.5 Å². The van der Waals surface area contributed by atoms with Gasteiger partial charge in [0, 0.05) is 29.6 Å². The number of amides is 1. The zero-order chi connectivity index (χ0) is 14.4.